The van der Waals surface area contributed by atoms with Gasteiger partial charge in [0.2, 0.25) is 5.95 Å². The molecule has 0 radical (unpaired) electrons. The number of halogens is 1. The van der Waals surface area contributed by atoms with E-state index in [-0.39, 0.29) is 6.10 Å². The van der Waals surface area contributed by atoms with Crippen molar-refractivity contribution < 1.29 is 14.2 Å². The molecule has 0 unspecified atom stereocenters. The van der Waals surface area contributed by atoms with Crippen LogP contribution in [0.1, 0.15) is 49.4 Å². The minimum atomic E-state index is -0.949. The standard InChI is InChI=1S/C29H33FN6O2/c1-4-29(37)12-9-19-5-8-25(33-26(19)29)36-17-23(30)22-16-31-28(34-27(22)36)32-20-6-7-24(18(2)15-20)38-21-10-13-35(3)14-11-21/h5-8,15-17,21,37H,4,9-14H2,1-3H3,(H,31,32,34)/t29-/m1/s1. The van der Waals surface area contributed by atoms with Crippen LogP contribution < -0.4 is 10.1 Å². The Morgan fingerprint density at radius 2 is 2.00 bits per heavy atom. The van der Waals surface area contributed by atoms with Crippen molar-refractivity contribution in [2.24, 2.45) is 0 Å². The molecule has 8 nitrogen and oxygen atoms in total. The molecular weight excluding hydrogens is 483 g/mol. The fraction of sp³-hybridized carbons (Fsp3) is 0.414. The van der Waals surface area contributed by atoms with Gasteiger partial charge in [0.15, 0.2) is 11.5 Å². The Morgan fingerprint density at radius 3 is 2.76 bits per heavy atom. The van der Waals surface area contributed by atoms with Crippen molar-refractivity contribution in [3.8, 4) is 11.6 Å². The maximum Gasteiger partial charge on any atom is 0.229 e. The Bertz CT molecular complexity index is 1500. The number of pyridine rings is 1. The number of aryl methyl sites for hydroxylation is 2. The number of nitrogens with zero attached hydrogens (tertiary/aromatic N) is 5. The number of ether oxygens (including phenoxy) is 1. The number of hydrogen-bond donors (Lipinski definition) is 2. The lowest BCUT2D eigenvalue weighted by molar-refractivity contribution is 0.0306. The van der Waals surface area contributed by atoms with Gasteiger partial charge in [-0.25, -0.2) is 14.4 Å². The lowest BCUT2D eigenvalue weighted by Crippen LogP contribution is -2.35. The van der Waals surface area contributed by atoms with Crippen LogP contribution in [-0.4, -0.2) is 55.8 Å². The zero-order valence-corrected chi connectivity index (χ0v) is 22.0. The molecule has 4 heterocycles. The first-order valence-corrected chi connectivity index (χ1v) is 13.3. The molecule has 6 rings (SSSR count). The minimum Gasteiger partial charge on any atom is -0.490 e. The highest BCUT2D eigenvalue weighted by atomic mass is 19.1. The number of nitrogens with one attached hydrogen (secondary N) is 1. The van der Waals surface area contributed by atoms with Crippen LogP contribution in [0.3, 0.4) is 0 Å². The van der Waals surface area contributed by atoms with Gasteiger partial charge in [0.25, 0.3) is 0 Å². The van der Waals surface area contributed by atoms with Gasteiger partial charge in [-0.1, -0.05) is 13.0 Å². The van der Waals surface area contributed by atoms with E-state index in [1.54, 1.807) is 4.57 Å². The average Bonchev–Trinajstić information content (AvgIpc) is 3.43. The first-order valence-electron chi connectivity index (χ1n) is 13.3. The summed E-state index contributed by atoms with van der Waals surface area (Å²) >= 11 is 0. The molecule has 2 aliphatic rings. The summed E-state index contributed by atoms with van der Waals surface area (Å²) in [6, 6.07) is 9.73. The fourth-order valence-corrected chi connectivity index (χ4v) is 5.50. The molecule has 0 bridgehead atoms. The smallest absolute Gasteiger partial charge is 0.229 e. The predicted molar refractivity (Wildman–Crippen MR) is 145 cm³/mol. The number of likely N-dealkylation sites (tertiary alicyclic amines) is 1. The first-order chi connectivity index (χ1) is 18.3. The number of aliphatic hydroxyl groups is 1. The van der Waals surface area contributed by atoms with Crippen molar-refractivity contribution in [3.05, 3.63) is 65.4 Å². The van der Waals surface area contributed by atoms with E-state index in [1.807, 2.05) is 44.2 Å². The third-order valence-corrected chi connectivity index (χ3v) is 7.93. The van der Waals surface area contributed by atoms with Gasteiger partial charge in [0.1, 0.15) is 23.3 Å². The molecule has 1 saturated heterocycles. The van der Waals surface area contributed by atoms with Gasteiger partial charge in [-0.05, 0) is 81.5 Å². The van der Waals surface area contributed by atoms with Gasteiger partial charge in [0.05, 0.1) is 11.1 Å². The van der Waals surface area contributed by atoms with Crippen molar-refractivity contribution >= 4 is 22.7 Å². The molecule has 1 atom stereocenters. The average molecular weight is 517 g/mol. The normalized spacial score (nSPS) is 20.1. The highest BCUT2D eigenvalue weighted by Crippen LogP contribution is 2.38. The van der Waals surface area contributed by atoms with Crippen LogP contribution in [0, 0.1) is 12.7 Å². The van der Waals surface area contributed by atoms with Crippen LogP contribution in [0.4, 0.5) is 16.0 Å². The Labute approximate surface area is 221 Å². The van der Waals surface area contributed by atoms with Crippen LogP contribution in [0.2, 0.25) is 0 Å². The topological polar surface area (TPSA) is 88.3 Å². The van der Waals surface area contributed by atoms with Gasteiger partial charge in [-0.2, -0.15) is 4.98 Å². The second kappa shape index (κ2) is 9.63. The van der Waals surface area contributed by atoms with E-state index >= 15 is 0 Å². The SMILES string of the molecule is CC[C@@]1(O)CCc2ccc(-n3cc(F)c4cnc(Nc5ccc(OC6CCN(C)CC6)c(C)c5)nc43)nc21. The third kappa shape index (κ3) is 4.50. The lowest BCUT2D eigenvalue weighted by atomic mass is 9.98. The number of hydrogen-bond acceptors (Lipinski definition) is 7. The van der Waals surface area contributed by atoms with Crippen molar-refractivity contribution in [1.29, 1.82) is 0 Å². The van der Waals surface area contributed by atoms with Crippen molar-refractivity contribution in [2.75, 3.05) is 25.5 Å². The summed E-state index contributed by atoms with van der Waals surface area (Å²) in [6.07, 6.45) is 7.15. The highest BCUT2D eigenvalue weighted by molar-refractivity contribution is 5.79. The number of fused-ring (bicyclic) bond motifs is 2. The summed E-state index contributed by atoms with van der Waals surface area (Å²) in [5.41, 5.74) is 3.01. The van der Waals surface area contributed by atoms with Gasteiger partial charge in [-0.3, -0.25) is 4.57 Å². The van der Waals surface area contributed by atoms with Crippen molar-refractivity contribution in [3.63, 3.8) is 0 Å². The second-order valence-electron chi connectivity index (χ2n) is 10.6. The summed E-state index contributed by atoms with van der Waals surface area (Å²) in [5.74, 6) is 1.33. The Morgan fingerprint density at radius 1 is 1.18 bits per heavy atom. The molecule has 2 N–H and O–H groups in total. The second-order valence-corrected chi connectivity index (χ2v) is 10.6. The number of benzene rings is 1. The number of anilines is 2. The Hall–Kier alpha value is -3.56. The maximum atomic E-state index is 14.8. The van der Waals surface area contributed by atoms with Crippen LogP contribution in [0.15, 0.2) is 42.7 Å². The quantitative estimate of drug-likeness (QED) is 0.372. The van der Waals surface area contributed by atoms with Crippen LogP contribution in [0.25, 0.3) is 16.9 Å². The number of aromatic nitrogens is 4. The Balaban J connectivity index is 1.26. The molecule has 4 aromatic rings. The molecule has 198 valence electrons. The summed E-state index contributed by atoms with van der Waals surface area (Å²) < 4.78 is 22.7. The van der Waals surface area contributed by atoms with E-state index in [2.05, 4.69) is 27.2 Å². The van der Waals surface area contributed by atoms with E-state index in [0.29, 0.717) is 41.3 Å². The molecule has 3 aromatic heterocycles. The van der Waals surface area contributed by atoms with Gasteiger partial charge in [-0.15, -0.1) is 0 Å². The molecule has 1 aromatic carbocycles. The van der Waals surface area contributed by atoms with Gasteiger partial charge in [0, 0.05) is 31.2 Å². The van der Waals surface area contributed by atoms with Gasteiger partial charge < -0.3 is 20.1 Å². The van der Waals surface area contributed by atoms with E-state index < -0.39 is 11.4 Å². The lowest BCUT2D eigenvalue weighted by Gasteiger charge is -2.29. The van der Waals surface area contributed by atoms with E-state index in [1.165, 1.54) is 12.4 Å². The zero-order valence-electron chi connectivity index (χ0n) is 22.0. The minimum absolute atomic E-state index is 0.235. The summed E-state index contributed by atoms with van der Waals surface area (Å²) in [7, 11) is 2.14. The van der Waals surface area contributed by atoms with E-state index in [0.717, 1.165) is 54.9 Å². The van der Waals surface area contributed by atoms with Crippen LogP contribution >= 0.6 is 0 Å². The van der Waals surface area contributed by atoms with Crippen LogP contribution in [0.5, 0.6) is 5.75 Å². The molecule has 0 amide bonds. The molecule has 0 saturated carbocycles. The van der Waals surface area contributed by atoms with Gasteiger partial charge >= 0.3 is 0 Å². The van der Waals surface area contributed by atoms with Crippen molar-refractivity contribution in [1.82, 2.24) is 24.4 Å². The molecular formula is C29H33FN6O2. The number of piperidine rings is 1. The molecule has 1 aliphatic carbocycles. The number of rotatable bonds is 6. The summed E-state index contributed by atoms with van der Waals surface area (Å²) in [5, 5.41) is 14.6. The zero-order chi connectivity index (χ0) is 26.4. The fourth-order valence-electron chi connectivity index (χ4n) is 5.50. The Kier molecular flexibility index (Phi) is 6.28. The largest absolute Gasteiger partial charge is 0.490 e. The monoisotopic (exact) mass is 516 g/mol. The molecule has 38 heavy (non-hydrogen) atoms. The molecule has 0 spiro atoms. The van der Waals surface area contributed by atoms with Crippen molar-refractivity contribution in [2.45, 2.75) is 57.7 Å². The molecule has 1 aliphatic heterocycles. The molecule has 9 heteroatoms. The molecule has 1 fully saturated rings. The maximum absolute atomic E-state index is 14.8. The third-order valence-electron chi connectivity index (χ3n) is 7.93. The summed E-state index contributed by atoms with van der Waals surface area (Å²) in [4.78, 5) is 16.0. The summed E-state index contributed by atoms with van der Waals surface area (Å²) in [6.45, 7) is 6.07. The van der Waals surface area contributed by atoms with E-state index in [4.69, 9.17) is 9.72 Å². The highest BCUT2D eigenvalue weighted by Gasteiger charge is 2.37. The van der Waals surface area contributed by atoms with Crippen LogP contribution in [-0.2, 0) is 12.0 Å². The van der Waals surface area contributed by atoms with E-state index in [9.17, 15) is 9.50 Å². The predicted octanol–water partition coefficient (Wildman–Crippen LogP) is 5.02. The first kappa shape index (κ1) is 24.8.